The zero-order valence-corrected chi connectivity index (χ0v) is 11.1. The van der Waals surface area contributed by atoms with Crippen molar-refractivity contribution in [2.45, 2.75) is 18.9 Å². The lowest BCUT2D eigenvalue weighted by molar-refractivity contribution is 0.0950. The number of amides is 1. The van der Waals surface area contributed by atoms with Crippen LogP contribution in [-0.2, 0) is 0 Å². The molecule has 20 heavy (non-hydrogen) atoms. The number of rotatable bonds is 5. The predicted octanol–water partition coefficient (Wildman–Crippen LogP) is 0.734. The number of nitrogens with one attached hydrogen (secondary N) is 1. The Morgan fingerprint density at radius 1 is 1.50 bits per heavy atom. The molecule has 0 aliphatic heterocycles. The Morgan fingerprint density at radius 2 is 2.35 bits per heavy atom. The number of carbonyl (C=O) groups excluding carboxylic acids is 1. The minimum atomic E-state index is -0.134. The molecule has 1 aliphatic carbocycles. The van der Waals surface area contributed by atoms with Gasteiger partial charge in [-0.15, -0.1) is 0 Å². The van der Waals surface area contributed by atoms with Gasteiger partial charge in [-0.3, -0.25) is 9.36 Å². The van der Waals surface area contributed by atoms with Crippen molar-refractivity contribution in [3.8, 4) is 5.82 Å². The largest absolute Gasteiger partial charge is 0.350 e. The molecule has 2 aromatic rings. The minimum absolute atomic E-state index is 0.0668. The van der Waals surface area contributed by atoms with E-state index in [4.69, 9.17) is 5.73 Å². The fraction of sp³-hybridized carbons (Fsp3) is 0.357. The SMILES string of the molecule is NC(CNC(=O)c1ccc(-n2ccnc2)nc1)C1CC1. The van der Waals surface area contributed by atoms with Crippen molar-refractivity contribution in [3.63, 3.8) is 0 Å². The van der Waals surface area contributed by atoms with Crippen molar-refractivity contribution in [1.82, 2.24) is 19.9 Å². The van der Waals surface area contributed by atoms with Crippen LogP contribution in [0, 0.1) is 5.92 Å². The highest BCUT2D eigenvalue weighted by Gasteiger charge is 2.28. The zero-order chi connectivity index (χ0) is 13.9. The molecule has 2 heterocycles. The Morgan fingerprint density at radius 3 is 2.95 bits per heavy atom. The molecule has 1 fully saturated rings. The smallest absolute Gasteiger partial charge is 0.252 e. The molecule has 1 amide bonds. The van der Waals surface area contributed by atoms with Gasteiger partial charge in [0.1, 0.15) is 12.1 Å². The first-order valence-corrected chi connectivity index (χ1v) is 6.72. The summed E-state index contributed by atoms with van der Waals surface area (Å²) in [6.45, 7) is 0.521. The fourth-order valence-electron chi connectivity index (χ4n) is 2.07. The van der Waals surface area contributed by atoms with E-state index in [9.17, 15) is 4.79 Å². The van der Waals surface area contributed by atoms with E-state index < -0.39 is 0 Å². The van der Waals surface area contributed by atoms with Crippen LogP contribution in [0.1, 0.15) is 23.2 Å². The van der Waals surface area contributed by atoms with E-state index in [1.54, 1.807) is 41.6 Å². The Bertz CT molecular complexity index is 574. The quantitative estimate of drug-likeness (QED) is 0.839. The number of nitrogens with two attached hydrogens (primary N) is 1. The summed E-state index contributed by atoms with van der Waals surface area (Å²) in [6, 6.07) is 3.61. The summed E-state index contributed by atoms with van der Waals surface area (Å²) in [5, 5.41) is 2.85. The first kappa shape index (κ1) is 12.8. The van der Waals surface area contributed by atoms with Crippen LogP contribution < -0.4 is 11.1 Å². The molecule has 1 saturated carbocycles. The van der Waals surface area contributed by atoms with Gasteiger partial charge < -0.3 is 11.1 Å². The van der Waals surface area contributed by atoms with E-state index in [2.05, 4.69) is 15.3 Å². The van der Waals surface area contributed by atoms with Gasteiger partial charge in [-0.1, -0.05) is 0 Å². The van der Waals surface area contributed by atoms with Gasteiger partial charge in [0.05, 0.1) is 5.56 Å². The number of hydrogen-bond donors (Lipinski definition) is 2. The van der Waals surface area contributed by atoms with E-state index >= 15 is 0 Å². The van der Waals surface area contributed by atoms with Gasteiger partial charge >= 0.3 is 0 Å². The van der Waals surface area contributed by atoms with E-state index in [1.165, 1.54) is 12.8 Å². The highest BCUT2D eigenvalue weighted by atomic mass is 16.1. The average molecular weight is 271 g/mol. The van der Waals surface area contributed by atoms with Gasteiger partial charge in [0, 0.05) is 31.2 Å². The number of hydrogen-bond acceptors (Lipinski definition) is 4. The van der Waals surface area contributed by atoms with Gasteiger partial charge in [-0.05, 0) is 30.9 Å². The van der Waals surface area contributed by atoms with Gasteiger partial charge in [0.25, 0.3) is 5.91 Å². The number of carbonyl (C=O) groups is 1. The molecule has 1 aliphatic rings. The molecule has 6 nitrogen and oxygen atoms in total. The van der Waals surface area contributed by atoms with E-state index in [0.29, 0.717) is 18.0 Å². The van der Waals surface area contributed by atoms with Crippen LogP contribution in [0.15, 0.2) is 37.1 Å². The van der Waals surface area contributed by atoms with E-state index in [1.807, 2.05) is 0 Å². The first-order chi connectivity index (χ1) is 9.74. The normalized spacial score (nSPS) is 15.8. The molecule has 6 heteroatoms. The third kappa shape index (κ3) is 2.85. The first-order valence-electron chi connectivity index (χ1n) is 6.72. The van der Waals surface area contributed by atoms with E-state index in [-0.39, 0.29) is 11.9 Å². The molecular formula is C14H17N5O. The molecule has 0 spiro atoms. The molecule has 0 saturated heterocycles. The molecule has 2 aromatic heterocycles. The summed E-state index contributed by atoms with van der Waals surface area (Å²) in [5.74, 6) is 1.18. The maximum Gasteiger partial charge on any atom is 0.252 e. The standard InChI is InChI=1S/C14H17N5O/c15-12(10-1-2-10)8-18-14(20)11-3-4-13(17-7-11)19-6-5-16-9-19/h3-7,9-10,12H,1-2,8,15H2,(H,18,20). The number of aromatic nitrogens is 3. The van der Waals surface area contributed by atoms with Gasteiger partial charge in [0.2, 0.25) is 0 Å². The molecule has 3 N–H and O–H groups in total. The predicted molar refractivity (Wildman–Crippen MR) is 74.4 cm³/mol. The van der Waals surface area contributed by atoms with Crippen molar-refractivity contribution >= 4 is 5.91 Å². The van der Waals surface area contributed by atoms with Crippen LogP contribution in [0.4, 0.5) is 0 Å². The highest BCUT2D eigenvalue weighted by molar-refractivity contribution is 5.93. The summed E-state index contributed by atoms with van der Waals surface area (Å²) >= 11 is 0. The third-order valence-corrected chi connectivity index (χ3v) is 3.50. The van der Waals surface area contributed by atoms with Crippen molar-refractivity contribution in [3.05, 3.63) is 42.6 Å². The second-order valence-corrected chi connectivity index (χ2v) is 5.09. The lowest BCUT2D eigenvalue weighted by atomic mass is 10.2. The summed E-state index contributed by atoms with van der Waals surface area (Å²) in [6.07, 6.45) is 9.07. The number of nitrogens with zero attached hydrogens (tertiary/aromatic N) is 3. The van der Waals surface area contributed by atoms with Gasteiger partial charge in [-0.2, -0.15) is 0 Å². The molecule has 1 unspecified atom stereocenters. The average Bonchev–Trinajstić information content (AvgIpc) is 3.19. The summed E-state index contributed by atoms with van der Waals surface area (Å²) < 4.78 is 1.78. The van der Waals surface area contributed by atoms with Crippen LogP contribution >= 0.6 is 0 Å². The summed E-state index contributed by atoms with van der Waals surface area (Å²) in [5.41, 5.74) is 6.49. The second kappa shape index (κ2) is 5.42. The third-order valence-electron chi connectivity index (χ3n) is 3.50. The van der Waals surface area contributed by atoms with Crippen LogP contribution in [0.3, 0.4) is 0 Å². The molecule has 3 rings (SSSR count). The number of imidazole rings is 1. The summed E-state index contributed by atoms with van der Waals surface area (Å²) in [4.78, 5) is 20.2. The minimum Gasteiger partial charge on any atom is -0.350 e. The molecule has 0 bridgehead atoms. The summed E-state index contributed by atoms with van der Waals surface area (Å²) in [7, 11) is 0. The van der Waals surface area contributed by atoms with Crippen molar-refractivity contribution < 1.29 is 4.79 Å². The Hall–Kier alpha value is -2.21. The lowest BCUT2D eigenvalue weighted by Gasteiger charge is -2.11. The Balaban J connectivity index is 1.60. The highest BCUT2D eigenvalue weighted by Crippen LogP contribution is 2.31. The van der Waals surface area contributed by atoms with Crippen molar-refractivity contribution in [2.24, 2.45) is 11.7 Å². The molecule has 0 aromatic carbocycles. The van der Waals surface area contributed by atoms with Crippen LogP contribution in [0.25, 0.3) is 5.82 Å². The monoisotopic (exact) mass is 271 g/mol. The van der Waals surface area contributed by atoms with Crippen LogP contribution in [0.5, 0.6) is 0 Å². The molecule has 1 atom stereocenters. The van der Waals surface area contributed by atoms with Crippen LogP contribution in [-0.4, -0.2) is 33.0 Å². The van der Waals surface area contributed by atoms with Crippen LogP contribution in [0.2, 0.25) is 0 Å². The Labute approximate surface area is 117 Å². The zero-order valence-electron chi connectivity index (χ0n) is 11.1. The molecular weight excluding hydrogens is 254 g/mol. The van der Waals surface area contributed by atoms with Gasteiger partial charge in [-0.25, -0.2) is 9.97 Å². The number of pyridine rings is 1. The Kier molecular flexibility index (Phi) is 3.47. The van der Waals surface area contributed by atoms with Gasteiger partial charge in [0.15, 0.2) is 0 Å². The molecule has 0 radical (unpaired) electrons. The molecule has 104 valence electrons. The lowest BCUT2D eigenvalue weighted by Crippen LogP contribution is -2.38. The van der Waals surface area contributed by atoms with Crippen molar-refractivity contribution in [2.75, 3.05) is 6.54 Å². The maximum absolute atomic E-state index is 12.0. The van der Waals surface area contributed by atoms with Crippen molar-refractivity contribution in [1.29, 1.82) is 0 Å². The topological polar surface area (TPSA) is 85.8 Å². The maximum atomic E-state index is 12.0. The van der Waals surface area contributed by atoms with E-state index in [0.717, 1.165) is 5.82 Å². The second-order valence-electron chi connectivity index (χ2n) is 5.09. The fourth-order valence-corrected chi connectivity index (χ4v) is 2.07.